The van der Waals surface area contributed by atoms with Crippen LogP contribution in [-0.4, -0.2) is 19.7 Å². The van der Waals surface area contributed by atoms with Crippen LogP contribution in [0.1, 0.15) is 31.0 Å². The average molecular weight is 189 g/mol. The molecule has 2 heterocycles. The molecule has 72 valence electrons. The Kier molecular flexibility index (Phi) is 1.50. The highest BCUT2D eigenvalue weighted by Gasteiger charge is 2.24. The van der Waals surface area contributed by atoms with Crippen LogP contribution in [0.15, 0.2) is 18.3 Å². The van der Waals surface area contributed by atoms with Gasteiger partial charge in [-0.1, -0.05) is 6.42 Å². The molecule has 2 aromatic heterocycles. The van der Waals surface area contributed by atoms with Crippen LogP contribution in [0.25, 0.3) is 5.65 Å². The van der Waals surface area contributed by atoms with Crippen molar-refractivity contribution in [1.82, 2.24) is 14.6 Å². The van der Waals surface area contributed by atoms with Gasteiger partial charge in [0.15, 0.2) is 5.75 Å². The molecule has 1 N–H and O–H groups in total. The maximum Gasteiger partial charge on any atom is 0.203 e. The minimum atomic E-state index is 0.200. The van der Waals surface area contributed by atoms with Crippen molar-refractivity contribution >= 4 is 5.65 Å². The van der Waals surface area contributed by atoms with E-state index in [0.717, 1.165) is 5.82 Å². The normalized spacial score (nSPS) is 17.1. The van der Waals surface area contributed by atoms with Gasteiger partial charge in [-0.05, 0) is 25.0 Å². The molecule has 0 aromatic carbocycles. The molecule has 4 nitrogen and oxygen atoms in total. The Morgan fingerprint density at radius 2 is 2.21 bits per heavy atom. The number of hydrogen-bond acceptors (Lipinski definition) is 3. The molecule has 0 bridgehead atoms. The molecule has 1 fully saturated rings. The lowest BCUT2D eigenvalue weighted by atomic mass is 9.85. The summed E-state index contributed by atoms with van der Waals surface area (Å²) >= 11 is 0. The summed E-state index contributed by atoms with van der Waals surface area (Å²) in [6.07, 6.45) is 5.56. The third kappa shape index (κ3) is 0.937. The van der Waals surface area contributed by atoms with Crippen LogP contribution in [0.2, 0.25) is 0 Å². The van der Waals surface area contributed by atoms with Gasteiger partial charge < -0.3 is 5.11 Å². The summed E-state index contributed by atoms with van der Waals surface area (Å²) < 4.78 is 1.89. The summed E-state index contributed by atoms with van der Waals surface area (Å²) in [6.45, 7) is 0. The number of fused-ring (bicyclic) bond motifs is 1. The molecule has 0 aliphatic heterocycles. The second kappa shape index (κ2) is 2.70. The first-order chi connectivity index (χ1) is 6.86. The maximum absolute atomic E-state index is 9.53. The molecule has 1 aliphatic carbocycles. The van der Waals surface area contributed by atoms with E-state index < -0.39 is 0 Å². The fourth-order valence-corrected chi connectivity index (χ4v) is 1.86. The van der Waals surface area contributed by atoms with Gasteiger partial charge in [0.05, 0.1) is 0 Å². The van der Waals surface area contributed by atoms with Gasteiger partial charge in [0.1, 0.15) is 5.82 Å². The fourth-order valence-electron chi connectivity index (χ4n) is 1.86. The predicted octanol–water partition coefficient (Wildman–Crippen LogP) is 1.70. The van der Waals surface area contributed by atoms with E-state index in [9.17, 15) is 5.11 Å². The Balaban J connectivity index is 2.20. The second-order valence-electron chi connectivity index (χ2n) is 3.77. The number of hydrogen-bond donors (Lipinski definition) is 1. The summed E-state index contributed by atoms with van der Waals surface area (Å²) in [4.78, 5) is 0. The third-order valence-corrected chi connectivity index (χ3v) is 2.91. The third-order valence-electron chi connectivity index (χ3n) is 2.91. The molecule has 0 amide bonds. The van der Waals surface area contributed by atoms with Crippen LogP contribution in [0.4, 0.5) is 0 Å². The Bertz CT molecular complexity index is 473. The van der Waals surface area contributed by atoms with E-state index in [-0.39, 0.29) is 5.75 Å². The molecule has 14 heavy (non-hydrogen) atoms. The van der Waals surface area contributed by atoms with Gasteiger partial charge >= 0.3 is 0 Å². The number of aromatic hydroxyl groups is 1. The van der Waals surface area contributed by atoms with Gasteiger partial charge in [-0.2, -0.15) is 0 Å². The highest BCUT2D eigenvalue weighted by molar-refractivity contribution is 5.52. The lowest BCUT2D eigenvalue weighted by Gasteiger charge is -2.23. The van der Waals surface area contributed by atoms with Gasteiger partial charge in [0.2, 0.25) is 5.65 Å². The largest absolute Gasteiger partial charge is 0.504 e. The number of pyridine rings is 1. The van der Waals surface area contributed by atoms with Crippen molar-refractivity contribution in [3.8, 4) is 5.75 Å². The molecular weight excluding hydrogens is 178 g/mol. The first-order valence-electron chi connectivity index (χ1n) is 4.89. The highest BCUT2D eigenvalue weighted by Crippen LogP contribution is 2.35. The minimum Gasteiger partial charge on any atom is -0.504 e. The first-order valence-corrected chi connectivity index (χ1v) is 4.89. The average Bonchev–Trinajstić information content (AvgIpc) is 2.48. The number of aromatic nitrogens is 3. The summed E-state index contributed by atoms with van der Waals surface area (Å²) in [5, 5.41) is 17.6. The molecule has 1 saturated carbocycles. The molecule has 0 unspecified atom stereocenters. The lowest BCUT2D eigenvalue weighted by molar-refractivity contribution is 0.398. The summed E-state index contributed by atoms with van der Waals surface area (Å²) in [5.74, 6) is 1.72. The van der Waals surface area contributed by atoms with Crippen LogP contribution in [0.5, 0.6) is 5.75 Å². The molecular formula is C10H11N3O. The van der Waals surface area contributed by atoms with Crippen molar-refractivity contribution in [3.05, 3.63) is 24.2 Å². The van der Waals surface area contributed by atoms with E-state index in [1.807, 2.05) is 16.7 Å². The Morgan fingerprint density at radius 3 is 2.93 bits per heavy atom. The van der Waals surface area contributed by atoms with Crippen molar-refractivity contribution in [2.75, 3.05) is 0 Å². The predicted molar refractivity (Wildman–Crippen MR) is 51.2 cm³/mol. The lowest BCUT2D eigenvalue weighted by Crippen LogP contribution is -2.12. The molecule has 0 saturated heterocycles. The summed E-state index contributed by atoms with van der Waals surface area (Å²) in [7, 11) is 0. The molecule has 2 aromatic rings. The quantitative estimate of drug-likeness (QED) is 0.742. The Hall–Kier alpha value is -1.58. The van der Waals surface area contributed by atoms with Gasteiger partial charge in [-0.25, -0.2) is 0 Å². The Morgan fingerprint density at radius 1 is 1.36 bits per heavy atom. The maximum atomic E-state index is 9.53. The zero-order valence-electron chi connectivity index (χ0n) is 7.72. The second-order valence-corrected chi connectivity index (χ2v) is 3.77. The minimum absolute atomic E-state index is 0.200. The molecule has 0 atom stereocenters. The van der Waals surface area contributed by atoms with E-state index in [1.54, 1.807) is 6.07 Å². The van der Waals surface area contributed by atoms with E-state index in [0.29, 0.717) is 11.6 Å². The van der Waals surface area contributed by atoms with Crippen LogP contribution >= 0.6 is 0 Å². The topological polar surface area (TPSA) is 50.4 Å². The van der Waals surface area contributed by atoms with Crippen LogP contribution in [-0.2, 0) is 0 Å². The Labute approximate surface area is 81.2 Å². The van der Waals surface area contributed by atoms with E-state index in [4.69, 9.17) is 0 Å². The van der Waals surface area contributed by atoms with Crippen LogP contribution in [0.3, 0.4) is 0 Å². The number of nitrogens with zero attached hydrogens (tertiary/aromatic N) is 3. The standard InChI is InChI=1S/C10H11N3O/c14-8-5-2-6-13-9(7-3-1-4-7)11-12-10(8)13/h2,5-7,14H,1,3-4H2. The van der Waals surface area contributed by atoms with Crippen LogP contribution < -0.4 is 0 Å². The smallest absolute Gasteiger partial charge is 0.203 e. The fraction of sp³-hybridized carbons (Fsp3) is 0.400. The molecule has 4 heteroatoms. The van der Waals surface area contributed by atoms with E-state index in [1.165, 1.54) is 19.3 Å². The van der Waals surface area contributed by atoms with Gasteiger partial charge in [-0.15, -0.1) is 10.2 Å². The van der Waals surface area contributed by atoms with Crippen molar-refractivity contribution in [1.29, 1.82) is 0 Å². The molecule has 0 radical (unpaired) electrons. The van der Waals surface area contributed by atoms with Gasteiger partial charge in [0, 0.05) is 12.1 Å². The van der Waals surface area contributed by atoms with Crippen molar-refractivity contribution < 1.29 is 5.11 Å². The monoisotopic (exact) mass is 189 g/mol. The van der Waals surface area contributed by atoms with E-state index in [2.05, 4.69) is 10.2 Å². The van der Waals surface area contributed by atoms with E-state index >= 15 is 0 Å². The molecule has 3 rings (SSSR count). The first kappa shape index (κ1) is 7.79. The highest BCUT2D eigenvalue weighted by atomic mass is 16.3. The summed E-state index contributed by atoms with van der Waals surface area (Å²) in [5.41, 5.74) is 0.564. The van der Waals surface area contributed by atoms with Crippen LogP contribution in [0, 0.1) is 0 Å². The van der Waals surface area contributed by atoms with Crippen molar-refractivity contribution in [3.63, 3.8) is 0 Å². The number of rotatable bonds is 1. The van der Waals surface area contributed by atoms with Crippen molar-refractivity contribution in [2.24, 2.45) is 0 Å². The van der Waals surface area contributed by atoms with Gasteiger partial charge in [-0.3, -0.25) is 4.40 Å². The molecule has 1 aliphatic rings. The zero-order valence-corrected chi connectivity index (χ0v) is 7.72. The van der Waals surface area contributed by atoms with Gasteiger partial charge in [0.25, 0.3) is 0 Å². The zero-order chi connectivity index (χ0) is 9.54. The SMILES string of the molecule is Oc1cccn2c(C3CCC3)nnc12. The summed E-state index contributed by atoms with van der Waals surface area (Å²) in [6, 6.07) is 3.45. The van der Waals surface area contributed by atoms with Crippen molar-refractivity contribution in [2.45, 2.75) is 25.2 Å². The molecule has 0 spiro atoms.